The molecule has 1 aromatic heterocycles. The average molecular weight is 369 g/mol. The Balaban J connectivity index is 1.56. The van der Waals surface area contributed by atoms with E-state index in [1.165, 1.54) is 11.2 Å². The molecule has 2 aliphatic rings. The number of nitrogens with two attached hydrogens (primary N) is 1. The number of nitrogens with zero attached hydrogens (tertiary/aromatic N) is 4. The minimum absolute atomic E-state index is 0.0910. The second-order valence-corrected chi connectivity index (χ2v) is 6.55. The van der Waals surface area contributed by atoms with E-state index in [1.807, 2.05) is 24.3 Å². The number of hydrogen-bond acceptors (Lipinski definition) is 6. The molecular formula is C18H19N5O4. The third kappa shape index (κ3) is 3.12. The lowest BCUT2D eigenvalue weighted by atomic mass is 9.98. The van der Waals surface area contributed by atoms with E-state index in [-0.39, 0.29) is 29.1 Å². The molecule has 27 heavy (non-hydrogen) atoms. The van der Waals surface area contributed by atoms with Crippen LogP contribution in [0.25, 0.3) is 0 Å². The van der Waals surface area contributed by atoms with E-state index in [9.17, 15) is 9.59 Å². The maximum atomic E-state index is 12.9. The summed E-state index contributed by atoms with van der Waals surface area (Å²) in [5.41, 5.74) is 7.81. The van der Waals surface area contributed by atoms with E-state index in [1.54, 1.807) is 4.90 Å². The summed E-state index contributed by atoms with van der Waals surface area (Å²) in [6.07, 6.45) is 1.18. The summed E-state index contributed by atoms with van der Waals surface area (Å²) in [4.78, 5) is 34.9. The summed E-state index contributed by atoms with van der Waals surface area (Å²) in [5.74, 6) is 0.161. The fourth-order valence-electron chi connectivity index (χ4n) is 3.54. The van der Waals surface area contributed by atoms with Crippen molar-refractivity contribution in [2.45, 2.75) is 12.3 Å². The van der Waals surface area contributed by atoms with E-state index in [4.69, 9.17) is 15.6 Å². The number of fused-ring (bicyclic) bond motifs is 1. The number of nitrogen functional groups attached to an aromatic ring is 1. The molecule has 1 fully saturated rings. The molecule has 1 atom stereocenters. The van der Waals surface area contributed by atoms with Gasteiger partial charge in [0, 0.05) is 24.7 Å². The highest BCUT2D eigenvalue weighted by Crippen LogP contribution is 2.31. The number of aromatic nitrogens is 2. The van der Waals surface area contributed by atoms with Crippen molar-refractivity contribution in [2.24, 2.45) is 0 Å². The van der Waals surface area contributed by atoms with Crippen molar-refractivity contribution in [2.75, 3.05) is 36.9 Å². The fraction of sp³-hybridized carbons (Fsp3) is 0.333. The molecule has 2 aromatic rings. The molecule has 140 valence electrons. The van der Waals surface area contributed by atoms with Crippen molar-refractivity contribution in [3.63, 3.8) is 0 Å². The normalized spacial score (nSPS) is 19.4. The Morgan fingerprint density at radius 1 is 1.22 bits per heavy atom. The lowest BCUT2D eigenvalue weighted by Crippen LogP contribution is -2.32. The molecule has 1 unspecified atom stereocenters. The summed E-state index contributed by atoms with van der Waals surface area (Å²) >= 11 is 0. The van der Waals surface area contributed by atoms with Gasteiger partial charge in [0.1, 0.15) is 24.3 Å². The van der Waals surface area contributed by atoms with Gasteiger partial charge in [-0.15, -0.1) is 0 Å². The SMILES string of the molecule is Nc1ncnc2c1C(=O)N(c1ccc(C3CCN(C(=O)O)C3)cc1)CCO2. The fourth-order valence-corrected chi connectivity index (χ4v) is 3.54. The minimum Gasteiger partial charge on any atom is -0.475 e. The molecule has 0 aliphatic carbocycles. The first-order valence-electron chi connectivity index (χ1n) is 8.67. The first-order valence-corrected chi connectivity index (χ1v) is 8.67. The largest absolute Gasteiger partial charge is 0.475 e. The van der Waals surface area contributed by atoms with Crippen LogP contribution >= 0.6 is 0 Å². The van der Waals surface area contributed by atoms with Crippen LogP contribution < -0.4 is 15.4 Å². The Labute approximate surface area is 155 Å². The first-order chi connectivity index (χ1) is 13.0. The van der Waals surface area contributed by atoms with Gasteiger partial charge >= 0.3 is 6.09 Å². The number of amides is 2. The number of anilines is 2. The van der Waals surface area contributed by atoms with Crippen LogP contribution in [-0.4, -0.2) is 58.2 Å². The standard InChI is InChI=1S/C18H19N5O4/c19-15-14-16(21-10-20-15)27-8-7-23(17(14)24)13-3-1-11(2-4-13)12-5-6-22(9-12)18(25)26/h1-4,10,12H,5-9H2,(H,25,26)(H2,19,20,21). The van der Waals surface area contributed by atoms with Gasteiger partial charge in [-0.2, -0.15) is 0 Å². The van der Waals surface area contributed by atoms with Crippen molar-refractivity contribution in [1.29, 1.82) is 0 Å². The maximum absolute atomic E-state index is 12.9. The monoisotopic (exact) mass is 369 g/mol. The summed E-state index contributed by atoms with van der Waals surface area (Å²) in [5, 5.41) is 9.10. The molecule has 2 aliphatic heterocycles. The molecule has 3 N–H and O–H groups in total. The highest BCUT2D eigenvalue weighted by molar-refractivity contribution is 6.10. The van der Waals surface area contributed by atoms with Gasteiger partial charge in [0.15, 0.2) is 0 Å². The van der Waals surface area contributed by atoms with E-state index in [0.29, 0.717) is 26.2 Å². The van der Waals surface area contributed by atoms with Crippen LogP contribution in [0.15, 0.2) is 30.6 Å². The zero-order chi connectivity index (χ0) is 19.0. The molecule has 0 spiro atoms. The van der Waals surface area contributed by atoms with Crippen LogP contribution in [0.3, 0.4) is 0 Å². The molecule has 4 rings (SSSR count). The minimum atomic E-state index is -0.886. The summed E-state index contributed by atoms with van der Waals surface area (Å²) in [6.45, 7) is 1.70. The average Bonchev–Trinajstić information content (AvgIpc) is 3.09. The first kappa shape index (κ1) is 17.1. The Hall–Kier alpha value is -3.36. The number of likely N-dealkylation sites (tertiary alicyclic amines) is 1. The Kier molecular flexibility index (Phi) is 4.27. The number of carbonyl (C=O) groups excluding carboxylic acids is 1. The van der Waals surface area contributed by atoms with Gasteiger partial charge in [-0.05, 0) is 24.1 Å². The van der Waals surface area contributed by atoms with E-state index in [0.717, 1.165) is 17.7 Å². The predicted molar refractivity (Wildman–Crippen MR) is 97.0 cm³/mol. The van der Waals surface area contributed by atoms with Crippen LogP contribution in [0, 0.1) is 0 Å². The van der Waals surface area contributed by atoms with Crippen LogP contribution in [0.4, 0.5) is 16.3 Å². The highest BCUT2D eigenvalue weighted by Gasteiger charge is 2.30. The Morgan fingerprint density at radius 3 is 2.70 bits per heavy atom. The van der Waals surface area contributed by atoms with Crippen molar-refractivity contribution < 1.29 is 19.4 Å². The van der Waals surface area contributed by atoms with Crippen LogP contribution in [0.2, 0.25) is 0 Å². The number of rotatable bonds is 2. The molecule has 9 nitrogen and oxygen atoms in total. The summed E-state index contributed by atoms with van der Waals surface area (Å²) in [7, 11) is 0. The molecule has 9 heteroatoms. The lowest BCUT2D eigenvalue weighted by molar-refractivity contribution is 0.0990. The smallest absolute Gasteiger partial charge is 0.407 e. The quantitative estimate of drug-likeness (QED) is 0.824. The van der Waals surface area contributed by atoms with Crippen LogP contribution in [0.1, 0.15) is 28.3 Å². The number of hydrogen-bond donors (Lipinski definition) is 2. The predicted octanol–water partition coefficient (Wildman–Crippen LogP) is 1.57. The van der Waals surface area contributed by atoms with E-state index < -0.39 is 6.09 Å². The number of ether oxygens (including phenoxy) is 1. The Morgan fingerprint density at radius 2 is 2.00 bits per heavy atom. The maximum Gasteiger partial charge on any atom is 0.407 e. The molecule has 1 aromatic carbocycles. The van der Waals surface area contributed by atoms with Gasteiger partial charge in [0.25, 0.3) is 5.91 Å². The van der Waals surface area contributed by atoms with Gasteiger partial charge in [-0.25, -0.2) is 14.8 Å². The molecule has 0 radical (unpaired) electrons. The molecule has 2 amide bonds. The molecular weight excluding hydrogens is 350 g/mol. The Bertz CT molecular complexity index is 886. The number of carboxylic acid groups (broad SMARTS) is 1. The van der Waals surface area contributed by atoms with Gasteiger partial charge in [0.05, 0.1) is 6.54 Å². The zero-order valence-corrected chi connectivity index (χ0v) is 14.5. The van der Waals surface area contributed by atoms with Crippen molar-refractivity contribution in [3.05, 3.63) is 41.7 Å². The highest BCUT2D eigenvalue weighted by atomic mass is 16.5. The van der Waals surface area contributed by atoms with Crippen molar-refractivity contribution >= 4 is 23.5 Å². The van der Waals surface area contributed by atoms with Gasteiger partial charge in [0.2, 0.25) is 5.88 Å². The number of benzene rings is 1. The van der Waals surface area contributed by atoms with Crippen LogP contribution in [0.5, 0.6) is 5.88 Å². The second-order valence-electron chi connectivity index (χ2n) is 6.55. The number of carbonyl (C=O) groups is 2. The topological polar surface area (TPSA) is 122 Å². The zero-order valence-electron chi connectivity index (χ0n) is 14.5. The van der Waals surface area contributed by atoms with Gasteiger partial charge in [-0.1, -0.05) is 12.1 Å². The van der Waals surface area contributed by atoms with E-state index in [2.05, 4.69) is 9.97 Å². The van der Waals surface area contributed by atoms with Crippen molar-refractivity contribution in [1.82, 2.24) is 14.9 Å². The third-order valence-electron chi connectivity index (χ3n) is 4.99. The second kappa shape index (κ2) is 6.75. The van der Waals surface area contributed by atoms with E-state index >= 15 is 0 Å². The summed E-state index contributed by atoms with van der Waals surface area (Å²) < 4.78 is 5.54. The van der Waals surface area contributed by atoms with Crippen LogP contribution in [-0.2, 0) is 0 Å². The van der Waals surface area contributed by atoms with Gasteiger partial charge < -0.3 is 25.4 Å². The molecule has 0 saturated carbocycles. The van der Waals surface area contributed by atoms with Crippen molar-refractivity contribution in [3.8, 4) is 5.88 Å². The third-order valence-corrected chi connectivity index (χ3v) is 4.99. The molecule has 3 heterocycles. The lowest BCUT2D eigenvalue weighted by Gasteiger charge is -2.21. The summed E-state index contributed by atoms with van der Waals surface area (Å²) in [6, 6.07) is 7.61. The molecule has 1 saturated heterocycles. The van der Waals surface area contributed by atoms with Gasteiger partial charge in [-0.3, -0.25) is 4.79 Å². The molecule has 0 bridgehead atoms.